The molecule has 0 aliphatic heterocycles. The van der Waals surface area contributed by atoms with Crippen LogP contribution in [0.5, 0.6) is 0 Å². The van der Waals surface area contributed by atoms with E-state index in [9.17, 15) is 0 Å². The average Bonchev–Trinajstić information content (AvgIpc) is 2.19. The molecule has 2 heterocycles. The Kier molecular flexibility index (Phi) is 1.96. The van der Waals surface area contributed by atoms with Crippen molar-refractivity contribution in [3.63, 3.8) is 0 Å². The first-order valence-electron chi connectivity index (χ1n) is 3.93. The molecular weight excluding hydrogens is 164 g/mol. The molecule has 0 bridgehead atoms. The molecule has 4 heteroatoms. The lowest BCUT2D eigenvalue weighted by atomic mass is 10.2. The predicted octanol–water partition coefficient (Wildman–Crippen LogP) is 1.24. The van der Waals surface area contributed by atoms with Crippen LogP contribution in [-0.2, 0) is 0 Å². The van der Waals surface area contributed by atoms with Gasteiger partial charge in [-0.2, -0.15) is 5.10 Å². The highest BCUT2D eigenvalue weighted by atomic mass is 15.1. The Bertz CT molecular complexity index is 399. The number of aromatic nitrogens is 4. The van der Waals surface area contributed by atoms with Gasteiger partial charge in [0.15, 0.2) is 0 Å². The van der Waals surface area contributed by atoms with Crippen LogP contribution in [0.15, 0.2) is 30.7 Å². The van der Waals surface area contributed by atoms with Gasteiger partial charge < -0.3 is 0 Å². The topological polar surface area (TPSA) is 51.6 Å². The minimum Gasteiger partial charge on any atom is -0.251 e. The van der Waals surface area contributed by atoms with Crippen LogP contribution >= 0.6 is 0 Å². The SMILES string of the molecule is Cc1cccc(-c2cnncn2)n1. The monoisotopic (exact) mass is 172 g/mol. The van der Waals surface area contributed by atoms with Crippen molar-refractivity contribution in [1.82, 2.24) is 20.2 Å². The third-order valence-electron chi connectivity index (χ3n) is 1.65. The minimum absolute atomic E-state index is 0.749. The molecule has 0 radical (unpaired) electrons. The van der Waals surface area contributed by atoms with Gasteiger partial charge in [-0.05, 0) is 19.1 Å². The molecule has 2 rings (SSSR count). The Hall–Kier alpha value is -1.84. The van der Waals surface area contributed by atoms with E-state index in [1.165, 1.54) is 6.33 Å². The summed E-state index contributed by atoms with van der Waals surface area (Å²) in [4.78, 5) is 8.37. The molecule has 0 aliphatic carbocycles. The van der Waals surface area contributed by atoms with Crippen LogP contribution in [0.4, 0.5) is 0 Å². The molecule has 0 amide bonds. The zero-order valence-corrected chi connectivity index (χ0v) is 7.18. The fourth-order valence-corrected chi connectivity index (χ4v) is 1.06. The zero-order chi connectivity index (χ0) is 9.10. The second-order valence-electron chi connectivity index (χ2n) is 2.65. The van der Waals surface area contributed by atoms with E-state index in [0.717, 1.165) is 17.1 Å². The van der Waals surface area contributed by atoms with Crippen LogP contribution in [0.1, 0.15) is 5.69 Å². The molecule has 2 aromatic rings. The van der Waals surface area contributed by atoms with Crippen LogP contribution in [0.3, 0.4) is 0 Å². The number of hydrogen-bond acceptors (Lipinski definition) is 4. The first kappa shape index (κ1) is 7.79. The molecule has 4 nitrogen and oxygen atoms in total. The van der Waals surface area contributed by atoms with E-state index in [4.69, 9.17) is 0 Å². The van der Waals surface area contributed by atoms with Crippen molar-refractivity contribution in [2.75, 3.05) is 0 Å². The van der Waals surface area contributed by atoms with Gasteiger partial charge in [0.1, 0.15) is 12.0 Å². The Morgan fingerprint density at radius 2 is 2.00 bits per heavy atom. The molecule has 64 valence electrons. The second kappa shape index (κ2) is 3.26. The van der Waals surface area contributed by atoms with Gasteiger partial charge in [0.2, 0.25) is 0 Å². The summed E-state index contributed by atoms with van der Waals surface area (Å²) in [6, 6.07) is 5.79. The number of aryl methyl sites for hydroxylation is 1. The minimum atomic E-state index is 0.749. The van der Waals surface area contributed by atoms with E-state index in [1.807, 2.05) is 25.1 Å². The molecule has 0 aliphatic rings. The predicted molar refractivity (Wildman–Crippen MR) is 47.8 cm³/mol. The summed E-state index contributed by atoms with van der Waals surface area (Å²) in [6.45, 7) is 1.94. The fraction of sp³-hybridized carbons (Fsp3) is 0.111. The maximum atomic E-state index is 4.31. The summed E-state index contributed by atoms with van der Waals surface area (Å²) < 4.78 is 0. The molecule has 0 saturated carbocycles. The van der Waals surface area contributed by atoms with Crippen LogP contribution in [-0.4, -0.2) is 20.2 Å². The molecule has 0 spiro atoms. The van der Waals surface area contributed by atoms with E-state index in [2.05, 4.69) is 20.2 Å². The molecule has 13 heavy (non-hydrogen) atoms. The fourth-order valence-electron chi connectivity index (χ4n) is 1.06. The molecule has 0 unspecified atom stereocenters. The molecule has 0 saturated heterocycles. The van der Waals surface area contributed by atoms with Crippen LogP contribution in [0.2, 0.25) is 0 Å². The van der Waals surface area contributed by atoms with E-state index >= 15 is 0 Å². The van der Waals surface area contributed by atoms with Gasteiger partial charge >= 0.3 is 0 Å². The Labute approximate surface area is 75.7 Å². The van der Waals surface area contributed by atoms with Crippen LogP contribution < -0.4 is 0 Å². The molecule has 0 atom stereocenters. The third kappa shape index (κ3) is 1.66. The number of rotatable bonds is 1. The first-order chi connectivity index (χ1) is 6.36. The number of nitrogens with zero attached hydrogens (tertiary/aromatic N) is 4. The van der Waals surface area contributed by atoms with Gasteiger partial charge in [-0.15, -0.1) is 5.10 Å². The van der Waals surface area contributed by atoms with Crippen molar-refractivity contribution >= 4 is 0 Å². The van der Waals surface area contributed by atoms with Crippen molar-refractivity contribution in [1.29, 1.82) is 0 Å². The van der Waals surface area contributed by atoms with Crippen molar-refractivity contribution in [3.8, 4) is 11.4 Å². The van der Waals surface area contributed by atoms with E-state index in [1.54, 1.807) is 6.20 Å². The lowest BCUT2D eigenvalue weighted by molar-refractivity contribution is 0.968. The van der Waals surface area contributed by atoms with E-state index in [0.29, 0.717) is 0 Å². The lowest BCUT2D eigenvalue weighted by Gasteiger charge is -1.98. The molecule has 0 N–H and O–H groups in total. The standard InChI is InChI=1S/C9H8N4/c1-7-3-2-4-8(13-7)9-5-11-12-6-10-9/h2-6H,1H3. The first-order valence-corrected chi connectivity index (χ1v) is 3.93. The number of hydrogen-bond donors (Lipinski definition) is 0. The third-order valence-corrected chi connectivity index (χ3v) is 1.65. The van der Waals surface area contributed by atoms with Crippen molar-refractivity contribution in [2.24, 2.45) is 0 Å². The van der Waals surface area contributed by atoms with Gasteiger partial charge in [0.05, 0.1) is 11.9 Å². The highest BCUT2D eigenvalue weighted by Gasteiger charge is 1.99. The highest BCUT2D eigenvalue weighted by molar-refractivity contribution is 5.51. The lowest BCUT2D eigenvalue weighted by Crippen LogP contribution is -1.91. The van der Waals surface area contributed by atoms with Gasteiger partial charge in [-0.3, -0.25) is 4.98 Å². The zero-order valence-electron chi connectivity index (χ0n) is 7.18. The van der Waals surface area contributed by atoms with Crippen molar-refractivity contribution in [2.45, 2.75) is 6.92 Å². The van der Waals surface area contributed by atoms with Crippen molar-refractivity contribution < 1.29 is 0 Å². The van der Waals surface area contributed by atoms with Gasteiger partial charge in [-0.1, -0.05) is 6.07 Å². The van der Waals surface area contributed by atoms with Crippen molar-refractivity contribution in [3.05, 3.63) is 36.4 Å². The molecule has 2 aromatic heterocycles. The van der Waals surface area contributed by atoms with Crippen LogP contribution in [0.25, 0.3) is 11.4 Å². The summed E-state index contributed by atoms with van der Waals surface area (Å²) >= 11 is 0. The molecule has 0 aromatic carbocycles. The molecule has 0 fully saturated rings. The molecular formula is C9H8N4. The summed E-state index contributed by atoms with van der Waals surface area (Å²) in [6.07, 6.45) is 3.02. The summed E-state index contributed by atoms with van der Waals surface area (Å²) in [5, 5.41) is 7.34. The second-order valence-corrected chi connectivity index (χ2v) is 2.65. The highest BCUT2D eigenvalue weighted by Crippen LogP contribution is 2.11. The van der Waals surface area contributed by atoms with Gasteiger partial charge in [0, 0.05) is 5.69 Å². The largest absolute Gasteiger partial charge is 0.251 e. The van der Waals surface area contributed by atoms with Crippen LogP contribution in [0, 0.1) is 6.92 Å². The van der Waals surface area contributed by atoms with E-state index < -0.39 is 0 Å². The normalized spacial score (nSPS) is 9.92. The summed E-state index contributed by atoms with van der Waals surface area (Å²) in [5.74, 6) is 0. The van der Waals surface area contributed by atoms with E-state index in [-0.39, 0.29) is 0 Å². The van der Waals surface area contributed by atoms with Gasteiger partial charge in [-0.25, -0.2) is 4.98 Å². The van der Waals surface area contributed by atoms with Gasteiger partial charge in [0.25, 0.3) is 0 Å². The Morgan fingerprint density at radius 1 is 1.08 bits per heavy atom. The maximum Gasteiger partial charge on any atom is 0.138 e. The summed E-state index contributed by atoms with van der Waals surface area (Å²) in [7, 11) is 0. The Morgan fingerprint density at radius 3 is 2.69 bits per heavy atom. The Balaban J connectivity index is 2.48. The smallest absolute Gasteiger partial charge is 0.138 e. The quantitative estimate of drug-likeness (QED) is 0.649. The average molecular weight is 172 g/mol. The number of pyridine rings is 1. The maximum absolute atomic E-state index is 4.31. The summed E-state index contributed by atoms with van der Waals surface area (Å²) in [5.41, 5.74) is 2.55.